The maximum Gasteiger partial charge on any atom is 0.250 e. The molecule has 0 spiro atoms. The van der Waals surface area contributed by atoms with E-state index in [1.807, 2.05) is 24.3 Å². The Morgan fingerprint density at radius 2 is 2.21 bits per heavy atom. The van der Waals surface area contributed by atoms with Gasteiger partial charge in [0.05, 0.1) is 23.0 Å². The Morgan fingerprint density at radius 1 is 1.38 bits per heavy atom. The quantitative estimate of drug-likeness (QED) is 0.385. The van der Waals surface area contributed by atoms with Gasteiger partial charge in [-0.15, -0.1) is 0 Å². The lowest BCUT2D eigenvalue weighted by Gasteiger charge is -1.99. The summed E-state index contributed by atoms with van der Waals surface area (Å²) < 4.78 is 14.3. The number of carbonyl (C=O) groups excluding carboxylic acids is 1. The van der Waals surface area contributed by atoms with E-state index in [0.29, 0.717) is 5.16 Å². The Morgan fingerprint density at radius 3 is 3.04 bits per heavy atom. The van der Waals surface area contributed by atoms with Gasteiger partial charge in [0.1, 0.15) is 5.82 Å². The first-order valence-electron chi connectivity index (χ1n) is 6.96. The standard InChI is InChI=1S/C16H12BrFN4OS/c17-11-5-6-12(18)10(7-11)8-19-22-15(23)9-24-16-20-13-3-1-2-4-14(13)21-16/h1-8H,9H2,(H,20,21)(H,22,23). The molecule has 1 aromatic heterocycles. The highest BCUT2D eigenvalue weighted by Gasteiger charge is 2.06. The first kappa shape index (κ1) is 16.7. The molecule has 122 valence electrons. The molecule has 0 saturated heterocycles. The van der Waals surface area contributed by atoms with Crippen LogP contribution < -0.4 is 5.43 Å². The van der Waals surface area contributed by atoms with Gasteiger partial charge in [-0.25, -0.2) is 14.8 Å². The van der Waals surface area contributed by atoms with Gasteiger partial charge in [0, 0.05) is 10.0 Å². The predicted molar refractivity (Wildman–Crippen MR) is 96.7 cm³/mol. The van der Waals surface area contributed by atoms with E-state index in [9.17, 15) is 9.18 Å². The number of rotatable bonds is 5. The summed E-state index contributed by atoms with van der Waals surface area (Å²) in [4.78, 5) is 19.3. The molecule has 0 aliphatic carbocycles. The number of halogens is 2. The Labute approximate surface area is 149 Å². The smallest absolute Gasteiger partial charge is 0.250 e. The highest BCUT2D eigenvalue weighted by atomic mass is 79.9. The average Bonchev–Trinajstić information content (AvgIpc) is 2.99. The molecule has 0 unspecified atom stereocenters. The molecule has 24 heavy (non-hydrogen) atoms. The minimum absolute atomic E-state index is 0.151. The van der Waals surface area contributed by atoms with Gasteiger partial charge >= 0.3 is 0 Å². The lowest BCUT2D eigenvalue weighted by Crippen LogP contribution is -2.19. The third-order valence-electron chi connectivity index (χ3n) is 3.06. The van der Waals surface area contributed by atoms with E-state index in [2.05, 4.69) is 36.4 Å². The fourth-order valence-electron chi connectivity index (χ4n) is 1.95. The largest absolute Gasteiger partial charge is 0.333 e. The second-order valence-corrected chi connectivity index (χ2v) is 6.69. The maximum atomic E-state index is 13.5. The highest BCUT2D eigenvalue weighted by molar-refractivity contribution is 9.10. The normalized spacial score (nSPS) is 11.2. The van der Waals surface area contributed by atoms with E-state index in [0.717, 1.165) is 15.5 Å². The van der Waals surface area contributed by atoms with Crippen molar-refractivity contribution in [2.24, 2.45) is 5.10 Å². The van der Waals surface area contributed by atoms with E-state index in [-0.39, 0.29) is 17.2 Å². The summed E-state index contributed by atoms with van der Waals surface area (Å²) in [6.45, 7) is 0. The van der Waals surface area contributed by atoms with Gasteiger partial charge in [0.15, 0.2) is 5.16 Å². The molecule has 3 rings (SSSR count). The molecule has 2 aromatic carbocycles. The molecular weight excluding hydrogens is 395 g/mol. The van der Waals surface area contributed by atoms with E-state index in [1.54, 1.807) is 12.1 Å². The topological polar surface area (TPSA) is 70.1 Å². The zero-order valence-electron chi connectivity index (χ0n) is 12.3. The number of H-pyrrole nitrogens is 1. The van der Waals surface area contributed by atoms with Crippen LogP contribution in [0.5, 0.6) is 0 Å². The van der Waals surface area contributed by atoms with Crippen LogP contribution in [-0.2, 0) is 4.79 Å². The summed E-state index contributed by atoms with van der Waals surface area (Å²) in [5.74, 6) is -0.557. The molecule has 0 atom stereocenters. The summed E-state index contributed by atoms with van der Waals surface area (Å²) in [5.41, 5.74) is 4.43. The van der Waals surface area contributed by atoms with Crippen molar-refractivity contribution >= 4 is 50.8 Å². The number of nitrogens with zero attached hydrogens (tertiary/aromatic N) is 2. The van der Waals surface area contributed by atoms with Crippen molar-refractivity contribution in [1.29, 1.82) is 0 Å². The number of fused-ring (bicyclic) bond motifs is 1. The van der Waals surface area contributed by atoms with Gasteiger partial charge in [-0.2, -0.15) is 5.10 Å². The molecule has 0 aliphatic rings. The third kappa shape index (κ3) is 4.21. The lowest BCUT2D eigenvalue weighted by molar-refractivity contribution is -0.118. The predicted octanol–water partition coefficient (Wildman–Crippen LogP) is 3.71. The summed E-state index contributed by atoms with van der Waals surface area (Å²) >= 11 is 4.52. The van der Waals surface area contributed by atoms with Crippen molar-refractivity contribution in [3.05, 3.63) is 58.3 Å². The van der Waals surface area contributed by atoms with Crippen LogP contribution in [0.2, 0.25) is 0 Å². The maximum absolute atomic E-state index is 13.5. The molecule has 1 amide bonds. The zero-order valence-corrected chi connectivity index (χ0v) is 14.7. The SMILES string of the molecule is O=C(CSc1nc2ccccc2[nH]1)NN=Cc1cc(Br)ccc1F. The number of hydrogen-bond donors (Lipinski definition) is 2. The van der Waals surface area contributed by atoms with Gasteiger partial charge in [0.2, 0.25) is 0 Å². The first-order valence-corrected chi connectivity index (χ1v) is 8.74. The van der Waals surface area contributed by atoms with E-state index in [1.165, 1.54) is 24.0 Å². The molecule has 8 heteroatoms. The number of carbonyl (C=O) groups is 1. The van der Waals surface area contributed by atoms with E-state index >= 15 is 0 Å². The Bertz CT molecular complexity index is 879. The Kier molecular flexibility index (Phi) is 5.27. The minimum Gasteiger partial charge on any atom is -0.333 e. The van der Waals surface area contributed by atoms with Crippen LogP contribution in [0.25, 0.3) is 11.0 Å². The number of hydrazone groups is 1. The Hall–Kier alpha value is -2.19. The number of hydrogen-bond acceptors (Lipinski definition) is 4. The minimum atomic E-state index is -0.409. The van der Waals surface area contributed by atoms with Crippen molar-refractivity contribution in [3.8, 4) is 0 Å². The van der Waals surface area contributed by atoms with E-state index in [4.69, 9.17) is 0 Å². The molecule has 0 fully saturated rings. The number of aromatic amines is 1. The number of thioether (sulfide) groups is 1. The summed E-state index contributed by atoms with van der Waals surface area (Å²) in [6.07, 6.45) is 1.27. The number of aromatic nitrogens is 2. The molecule has 2 N–H and O–H groups in total. The fourth-order valence-corrected chi connectivity index (χ4v) is 3.01. The van der Waals surface area contributed by atoms with Gasteiger partial charge in [-0.3, -0.25) is 4.79 Å². The van der Waals surface area contributed by atoms with Crippen LogP contribution in [0.4, 0.5) is 4.39 Å². The first-order chi connectivity index (χ1) is 11.6. The second kappa shape index (κ2) is 7.59. The second-order valence-electron chi connectivity index (χ2n) is 4.81. The molecule has 0 aliphatic heterocycles. The van der Waals surface area contributed by atoms with Gasteiger partial charge < -0.3 is 4.98 Å². The molecule has 1 heterocycles. The summed E-state index contributed by atoms with van der Waals surface area (Å²) in [5, 5.41) is 4.43. The van der Waals surface area contributed by atoms with Gasteiger partial charge in [0.25, 0.3) is 5.91 Å². The van der Waals surface area contributed by atoms with Crippen molar-refractivity contribution in [3.63, 3.8) is 0 Å². The summed E-state index contributed by atoms with van der Waals surface area (Å²) in [6, 6.07) is 12.1. The van der Waals surface area contributed by atoms with Crippen LogP contribution in [-0.4, -0.2) is 27.8 Å². The van der Waals surface area contributed by atoms with Crippen molar-refractivity contribution < 1.29 is 9.18 Å². The van der Waals surface area contributed by atoms with Gasteiger partial charge in [-0.1, -0.05) is 39.8 Å². The summed E-state index contributed by atoms with van der Waals surface area (Å²) in [7, 11) is 0. The Balaban J connectivity index is 1.54. The molecule has 0 saturated carbocycles. The van der Waals surface area contributed by atoms with E-state index < -0.39 is 5.82 Å². The lowest BCUT2D eigenvalue weighted by atomic mass is 10.2. The van der Waals surface area contributed by atoms with Crippen molar-refractivity contribution in [2.75, 3.05) is 5.75 Å². The van der Waals surface area contributed by atoms with Crippen LogP contribution in [0.15, 0.2) is 57.2 Å². The molecule has 5 nitrogen and oxygen atoms in total. The average molecular weight is 407 g/mol. The van der Waals surface area contributed by atoms with Crippen molar-refractivity contribution in [2.45, 2.75) is 5.16 Å². The zero-order chi connectivity index (χ0) is 16.9. The number of amides is 1. The monoisotopic (exact) mass is 406 g/mol. The highest BCUT2D eigenvalue weighted by Crippen LogP contribution is 2.18. The molecular formula is C16H12BrFN4OS. The number of nitrogens with one attached hydrogen (secondary N) is 2. The number of imidazole rings is 1. The van der Waals surface area contributed by atoms with Crippen molar-refractivity contribution in [1.82, 2.24) is 15.4 Å². The molecule has 0 radical (unpaired) electrons. The molecule has 3 aromatic rings. The van der Waals surface area contributed by atoms with Crippen LogP contribution in [0.3, 0.4) is 0 Å². The van der Waals surface area contributed by atoms with Crippen LogP contribution in [0.1, 0.15) is 5.56 Å². The van der Waals surface area contributed by atoms with Crippen LogP contribution >= 0.6 is 27.7 Å². The fraction of sp³-hybridized carbons (Fsp3) is 0.0625. The van der Waals surface area contributed by atoms with Crippen LogP contribution in [0, 0.1) is 5.82 Å². The molecule has 0 bridgehead atoms. The van der Waals surface area contributed by atoms with Gasteiger partial charge in [-0.05, 0) is 30.3 Å². The third-order valence-corrected chi connectivity index (χ3v) is 4.43. The number of para-hydroxylation sites is 2. The number of benzene rings is 2.